The van der Waals surface area contributed by atoms with Gasteiger partial charge < -0.3 is 19.4 Å². The monoisotopic (exact) mass is 397 g/mol. The molecular formula is C21H23N3O5. The molecule has 2 saturated heterocycles. The second-order valence-corrected chi connectivity index (χ2v) is 7.15. The quantitative estimate of drug-likeness (QED) is 0.754. The van der Waals surface area contributed by atoms with Gasteiger partial charge in [-0.15, -0.1) is 0 Å². The molecule has 29 heavy (non-hydrogen) atoms. The lowest BCUT2D eigenvalue weighted by atomic mass is 10.1. The number of carbonyl (C=O) groups is 3. The van der Waals surface area contributed by atoms with Crippen molar-refractivity contribution in [3.8, 4) is 0 Å². The maximum absolute atomic E-state index is 12.7. The van der Waals surface area contributed by atoms with Gasteiger partial charge in [-0.05, 0) is 24.1 Å². The van der Waals surface area contributed by atoms with Gasteiger partial charge in [0.15, 0.2) is 0 Å². The molecule has 3 heterocycles. The Morgan fingerprint density at radius 1 is 1.14 bits per heavy atom. The molecule has 8 heteroatoms. The highest BCUT2D eigenvalue weighted by Crippen LogP contribution is 2.23. The minimum Gasteiger partial charge on any atom is -0.467 e. The second-order valence-electron chi connectivity index (χ2n) is 7.15. The number of carbonyl (C=O) groups excluding carboxylic acids is 3. The highest BCUT2D eigenvalue weighted by atomic mass is 16.5. The summed E-state index contributed by atoms with van der Waals surface area (Å²) in [6, 6.07) is 12.1. The third kappa shape index (κ3) is 4.32. The number of furan rings is 1. The van der Waals surface area contributed by atoms with Gasteiger partial charge in [0.25, 0.3) is 5.91 Å². The van der Waals surface area contributed by atoms with Crippen LogP contribution in [0.15, 0.2) is 53.1 Å². The van der Waals surface area contributed by atoms with Crippen molar-refractivity contribution in [1.82, 2.24) is 15.1 Å². The maximum atomic E-state index is 12.7. The standard InChI is InChI=1S/C21H23N3O5/c25-19(23-10-12-29-18(14-23)15-5-2-1-3-6-15)9-8-17-20(26)24(21(27)22-17)13-16-7-4-11-28-16/h1-7,11,17-18H,8-10,12-14H2,(H,22,27)/t17-,18?/m0/s1. The number of hydrogen-bond donors (Lipinski definition) is 1. The van der Waals surface area contributed by atoms with Crippen molar-refractivity contribution in [1.29, 1.82) is 0 Å². The molecule has 2 aromatic rings. The summed E-state index contributed by atoms with van der Waals surface area (Å²) in [7, 11) is 0. The molecule has 1 unspecified atom stereocenters. The van der Waals surface area contributed by atoms with Crippen LogP contribution in [0.2, 0.25) is 0 Å². The van der Waals surface area contributed by atoms with E-state index in [1.54, 1.807) is 17.0 Å². The molecule has 0 radical (unpaired) electrons. The van der Waals surface area contributed by atoms with Gasteiger partial charge >= 0.3 is 6.03 Å². The number of nitrogens with one attached hydrogen (secondary N) is 1. The summed E-state index contributed by atoms with van der Waals surface area (Å²) in [6.07, 6.45) is 1.80. The predicted molar refractivity (Wildman–Crippen MR) is 103 cm³/mol. The Bertz CT molecular complexity index is 868. The Kier molecular flexibility index (Phi) is 5.62. The second kappa shape index (κ2) is 8.48. The summed E-state index contributed by atoms with van der Waals surface area (Å²) in [5.74, 6) is 0.162. The molecule has 4 amide bonds. The van der Waals surface area contributed by atoms with Crippen LogP contribution in [0.4, 0.5) is 4.79 Å². The average Bonchev–Trinajstić information content (AvgIpc) is 3.36. The highest BCUT2D eigenvalue weighted by Gasteiger charge is 2.38. The van der Waals surface area contributed by atoms with Crippen molar-refractivity contribution < 1.29 is 23.5 Å². The van der Waals surface area contributed by atoms with E-state index in [0.717, 1.165) is 10.5 Å². The van der Waals surface area contributed by atoms with Crippen LogP contribution in [0, 0.1) is 0 Å². The number of imide groups is 1. The number of rotatable bonds is 6. The van der Waals surface area contributed by atoms with Crippen LogP contribution < -0.4 is 5.32 Å². The zero-order valence-electron chi connectivity index (χ0n) is 16.0. The summed E-state index contributed by atoms with van der Waals surface area (Å²) in [6.45, 7) is 1.57. The SMILES string of the molecule is O=C(CC[C@@H]1NC(=O)N(Cc2ccco2)C1=O)N1CCOC(c2ccccc2)C1. The Hall–Kier alpha value is -3.13. The first-order chi connectivity index (χ1) is 14.1. The number of hydrogen-bond acceptors (Lipinski definition) is 5. The smallest absolute Gasteiger partial charge is 0.325 e. The van der Waals surface area contributed by atoms with Crippen molar-refractivity contribution >= 4 is 17.8 Å². The van der Waals surface area contributed by atoms with E-state index in [-0.39, 0.29) is 37.3 Å². The Labute approximate surface area is 168 Å². The van der Waals surface area contributed by atoms with Crippen LogP contribution in [-0.4, -0.2) is 53.4 Å². The molecule has 2 atom stereocenters. The number of morpholine rings is 1. The molecule has 4 rings (SSSR count). The highest BCUT2D eigenvalue weighted by molar-refractivity contribution is 6.04. The number of ether oxygens (including phenoxy) is 1. The summed E-state index contributed by atoms with van der Waals surface area (Å²) in [5.41, 5.74) is 1.04. The molecule has 2 fully saturated rings. The van der Waals surface area contributed by atoms with Crippen LogP contribution >= 0.6 is 0 Å². The zero-order chi connectivity index (χ0) is 20.2. The summed E-state index contributed by atoms with van der Waals surface area (Å²) in [5, 5.41) is 2.66. The van der Waals surface area contributed by atoms with E-state index in [0.29, 0.717) is 25.5 Å². The average molecular weight is 397 g/mol. The molecule has 2 aliphatic heterocycles. The van der Waals surface area contributed by atoms with E-state index in [9.17, 15) is 14.4 Å². The lowest BCUT2D eigenvalue weighted by molar-refractivity contribution is -0.139. The molecule has 152 valence electrons. The fourth-order valence-electron chi connectivity index (χ4n) is 3.65. The van der Waals surface area contributed by atoms with Gasteiger partial charge in [-0.1, -0.05) is 30.3 Å². The van der Waals surface area contributed by atoms with Crippen molar-refractivity contribution in [2.24, 2.45) is 0 Å². The van der Waals surface area contributed by atoms with E-state index in [4.69, 9.17) is 9.15 Å². The molecule has 2 aliphatic rings. The van der Waals surface area contributed by atoms with Gasteiger partial charge in [0, 0.05) is 13.0 Å². The van der Waals surface area contributed by atoms with Gasteiger partial charge in [-0.2, -0.15) is 0 Å². The maximum Gasteiger partial charge on any atom is 0.325 e. The number of urea groups is 1. The summed E-state index contributed by atoms with van der Waals surface area (Å²) >= 11 is 0. The molecule has 1 aromatic carbocycles. The van der Waals surface area contributed by atoms with Gasteiger partial charge in [0.1, 0.15) is 17.9 Å². The summed E-state index contributed by atoms with van der Waals surface area (Å²) < 4.78 is 11.0. The Morgan fingerprint density at radius 3 is 2.72 bits per heavy atom. The largest absolute Gasteiger partial charge is 0.467 e. The van der Waals surface area contributed by atoms with E-state index >= 15 is 0 Å². The molecule has 8 nitrogen and oxygen atoms in total. The molecule has 0 spiro atoms. The number of nitrogens with zero attached hydrogens (tertiary/aromatic N) is 2. The Balaban J connectivity index is 1.30. The van der Waals surface area contributed by atoms with Gasteiger partial charge in [-0.3, -0.25) is 14.5 Å². The third-order valence-electron chi connectivity index (χ3n) is 5.24. The van der Waals surface area contributed by atoms with Crippen molar-refractivity contribution in [3.63, 3.8) is 0 Å². The molecule has 0 aliphatic carbocycles. The molecular weight excluding hydrogens is 374 g/mol. The van der Waals surface area contributed by atoms with Crippen LogP contribution in [0.1, 0.15) is 30.3 Å². The van der Waals surface area contributed by atoms with Crippen LogP contribution in [0.5, 0.6) is 0 Å². The van der Waals surface area contributed by atoms with E-state index in [1.165, 1.54) is 6.26 Å². The Morgan fingerprint density at radius 2 is 1.97 bits per heavy atom. The van der Waals surface area contributed by atoms with Crippen molar-refractivity contribution in [2.45, 2.75) is 31.5 Å². The van der Waals surface area contributed by atoms with E-state index in [2.05, 4.69) is 5.32 Å². The van der Waals surface area contributed by atoms with Gasteiger partial charge in [0.05, 0.1) is 26.0 Å². The third-order valence-corrected chi connectivity index (χ3v) is 5.24. The fraction of sp³-hybridized carbons (Fsp3) is 0.381. The lowest BCUT2D eigenvalue weighted by Gasteiger charge is -2.33. The molecule has 1 N–H and O–H groups in total. The molecule has 0 saturated carbocycles. The first-order valence-electron chi connectivity index (χ1n) is 9.70. The zero-order valence-corrected chi connectivity index (χ0v) is 16.0. The topological polar surface area (TPSA) is 92.1 Å². The lowest BCUT2D eigenvalue weighted by Crippen LogP contribution is -2.43. The van der Waals surface area contributed by atoms with E-state index in [1.807, 2.05) is 30.3 Å². The van der Waals surface area contributed by atoms with Crippen LogP contribution in [-0.2, 0) is 20.9 Å². The molecule has 1 aromatic heterocycles. The molecule has 0 bridgehead atoms. The minimum absolute atomic E-state index is 0.0410. The summed E-state index contributed by atoms with van der Waals surface area (Å²) in [4.78, 5) is 40.2. The number of benzene rings is 1. The van der Waals surface area contributed by atoms with Crippen molar-refractivity contribution in [2.75, 3.05) is 19.7 Å². The van der Waals surface area contributed by atoms with Crippen LogP contribution in [0.25, 0.3) is 0 Å². The predicted octanol–water partition coefficient (Wildman–Crippen LogP) is 2.08. The van der Waals surface area contributed by atoms with Crippen LogP contribution in [0.3, 0.4) is 0 Å². The number of amides is 4. The fourth-order valence-corrected chi connectivity index (χ4v) is 3.65. The van der Waals surface area contributed by atoms with E-state index < -0.39 is 12.1 Å². The first-order valence-corrected chi connectivity index (χ1v) is 9.70. The normalized spacial score (nSPS) is 22.1. The minimum atomic E-state index is -0.688. The first kappa shape index (κ1) is 19.2. The van der Waals surface area contributed by atoms with Gasteiger partial charge in [0.2, 0.25) is 5.91 Å². The van der Waals surface area contributed by atoms with Gasteiger partial charge in [-0.25, -0.2) is 4.79 Å². The van der Waals surface area contributed by atoms with Crippen molar-refractivity contribution in [3.05, 3.63) is 60.1 Å².